The van der Waals surface area contributed by atoms with Gasteiger partial charge in [-0.2, -0.15) is 0 Å². The molecule has 19 heavy (non-hydrogen) atoms. The Kier molecular flexibility index (Phi) is 3.06. The van der Waals surface area contributed by atoms with E-state index in [1.807, 2.05) is 18.2 Å². The second kappa shape index (κ2) is 4.74. The van der Waals surface area contributed by atoms with E-state index in [0.717, 1.165) is 36.3 Å². The van der Waals surface area contributed by atoms with Gasteiger partial charge >= 0.3 is 0 Å². The van der Waals surface area contributed by atoms with E-state index in [2.05, 4.69) is 5.32 Å². The van der Waals surface area contributed by atoms with Crippen molar-refractivity contribution in [1.29, 1.82) is 0 Å². The summed E-state index contributed by atoms with van der Waals surface area (Å²) in [4.78, 5) is 11.8. The quantitative estimate of drug-likeness (QED) is 0.850. The van der Waals surface area contributed by atoms with Crippen LogP contribution in [0.4, 0.5) is 0 Å². The Morgan fingerprint density at radius 2 is 2.00 bits per heavy atom. The van der Waals surface area contributed by atoms with Crippen LogP contribution in [0.2, 0.25) is 0 Å². The van der Waals surface area contributed by atoms with E-state index in [-0.39, 0.29) is 5.91 Å². The molecule has 0 radical (unpaired) electrons. The number of carbonyl (C=O) groups excluding carboxylic acids is 1. The van der Waals surface area contributed by atoms with Gasteiger partial charge in [0.25, 0.3) is 0 Å². The third-order valence-electron chi connectivity index (χ3n) is 3.51. The molecule has 2 aliphatic rings. The summed E-state index contributed by atoms with van der Waals surface area (Å²) >= 11 is 0. The lowest BCUT2D eigenvalue weighted by molar-refractivity contribution is -0.123. The largest absolute Gasteiger partial charge is 0.490 e. The fourth-order valence-electron chi connectivity index (χ4n) is 2.04. The summed E-state index contributed by atoms with van der Waals surface area (Å²) in [7, 11) is 0. The first-order valence-electron chi connectivity index (χ1n) is 6.63. The predicted molar refractivity (Wildman–Crippen MR) is 70.0 cm³/mol. The highest BCUT2D eigenvalue weighted by atomic mass is 16.5. The van der Waals surface area contributed by atoms with Crippen LogP contribution < -0.4 is 20.5 Å². The average molecular weight is 262 g/mol. The standard InChI is InChI=1S/C14H18N2O3/c15-14(4-5-14)13(17)16-9-10-2-3-11-12(8-10)19-7-1-6-18-11/h2-3,8H,1,4-7,9,15H2,(H,16,17). The Morgan fingerprint density at radius 3 is 2.74 bits per heavy atom. The number of benzene rings is 1. The summed E-state index contributed by atoms with van der Waals surface area (Å²) in [6, 6.07) is 5.73. The van der Waals surface area contributed by atoms with E-state index in [9.17, 15) is 4.79 Å². The average Bonchev–Trinajstić information content (AvgIpc) is 3.19. The summed E-state index contributed by atoms with van der Waals surface area (Å²) in [5.74, 6) is 1.45. The van der Waals surface area contributed by atoms with Gasteiger partial charge in [-0.05, 0) is 30.5 Å². The van der Waals surface area contributed by atoms with E-state index in [1.54, 1.807) is 0 Å². The molecular formula is C14H18N2O3. The maximum absolute atomic E-state index is 11.8. The highest BCUT2D eigenvalue weighted by Gasteiger charge is 2.45. The van der Waals surface area contributed by atoms with E-state index in [4.69, 9.17) is 15.2 Å². The zero-order valence-electron chi connectivity index (χ0n) is 10.8. The molecule has 1 fully saturated rings. The number of ether oxygens (including phenoxy) is 2. The second-order valence-electron chi connectivity index (χ2n) is 5.17. The van der Waals surface area contributed by atoms with Crippen LogP contribution >= 0.6 is 0 Å². The molecule has 0 bridgehead atoms. The van der Waals surface area contributed by atoms with Crippen molar-refractivity contribution in [3.63, 3.8) is 0 Å². The Hall–Kier alpha value is -1.75. The molecule has 0 atom stereocenters. The maximum atomic E-state index is 11.8. The Morgan fingerprint density at radius 1 is 1.26 bits per heavy atom. The number of fused-ring (bicyclic) bond motifs is 1. The van der Waals surface area contributed by atoms with Gasteiger partial charge < -0.3 is 20.5 Å². The number of hydrogen-bond acceptors (Lipinski definition) is 4. The van der Waals surface area contributed by atoms with E-state index < -0.39 is 5.54 Å². The Labute approximate surface area is 112 Å². The van der Waals surface area contributed by atoms with Crippen molar-refractivity contribution in [1.82, 2.24) is 5.32 Å². The van der Waals surface area contributed by atoms with Crippen LogP contribution in [0.25, 0.3) is 0 Å². The molecule has 5 heteroatoms. The smallest absolute Gasteiger partial charge is 0.240 e. The van der Waals surface area contributed by atoms with Crippen LogP contribution in [0, 0.1) is 0 Å². The highest BCUT2D eigenvalue weighted by Crippen LogP contribution is 2.33. The van der Waals surface area contributed by atoms with Gasteiger partial charge in [0.2, 0.25) is 5.91 Å². The number of nitrogens with one attached hydrogen (secondary N) is 1. The van der Waals surface area contributed by atoms with Gasteiger partial charge in [0.1, 0.15) is 0 Å². The number of nitrogens with two attached hydrogens (primary N) is 1. The number of hydrogen-bond donors (Lipinski definition) is 2. The van der Waals surface area contributed by atoms with Gasteiger partial charge in [-0.3, -0.25) is 4.79 Å². The van der Waals surface area contributed by atoms with Crippen LogP contribution in [0.1, 0.15) is 24.8 Å². The molecular weight excluding hydrogens is 244 g/mol. The van der Waals surface area contributed by atoms with Crippen molar-refractivity contribution in [3.05, 3.63) is 23.8 Å². The van der Waals surface area contributed by atoms with Crippen LogP contribution in [0.15, 0.2) is 18.2 Å². The van der Waals surface area contributed by atoms with Crippen molar-refractivity contribution in [2.45, 2.75) is 31.3 Å². The van der Waals surface area contributed by atoms with Crippen molar-refractivity contribution in [3.8, 4) is 11.5 Å². The summed E-state index contributed by atoms with van der Waals surface area (Å²) in [5, 5.41) is 2.86. The molecule has 0 saturated heterocycles. The van der Waals surface area contributed by atoms with Gasteiger partial charge in [-0.1, -0.05) is 6.07 Å². The normalized spacial score (nSPS) is 19.4. The van der Waals surface area contributed by atoms with Gasteiger partial charge in [-0.15, -0.1) is 0 Å². The van der Waals surface area contributed by atoms with Crippen LogP contribution in [-0.2, 0) is 11.3 Å². The van der Waals surface area contributed by atoms with Crippen molar-refractivity contribution < 1.29 is 14.3 Å². The van der Waals surface area contributed by atoms with Crippen molar-refractivity contribution in [2.24, 2.45) is 5.73 Å². The molecule has 1 aromatic rings. The predicted octanol–water partition coefficient (Wildman–Crippen LogP) is 0.955. The molecule has 0 unspecified atom stereocenters. The van der Waals surface area contributed by atoms with Gasteiger partial charge in [0.05, 0.1) is 18.8 Å². The molecule has 1 saturated carbocycles. The molecule has 1 aromatic carbocycles. The molecule has 3 rings (SSSR count). The molecule has 5 nitrogen and oxygen atoms in total. The van der Waals surface area contributed by atoms with Gasteiger partial charge in [-0.25, -0.2) is 0 Å². The third-order valence-corrected chi connectivity index (χ3v) is 3.51. The second-order valence-corrected chi connectivity index (χ2v) is 5.17. The molecule has 1 aliphatic carbocycles. The lowest BCUT2D eigenvalue weighted by Gasteiger charge is -2.12. The topological polar surface area (TPSA) is 73.6 Å². The first kappa shape index (κ1) is 12.3. The minimum atomic E-state index is -0.620. The summed E-state index contributed by atoms with van der Waals surface area (Å²) in [6.45, 7) is 1.81. The van der Waals surface area contributed by atoms with E-state index in [1.165, 1.54) is 0 Å². The minimum Gasteiger partial charge on any atom is -0.490 e. The first-order valence-corrected chi connectivity index (χ1v) is 6.63. The molecule has 0 aromatic heterocycles. The fraction of sp³-hybridized carbons (Fsp3) is 0.500. The number of rotatable bonds is 3. The molecule has 1 heterocycles. The summed E-state index contributed by atoms with van der Waals surface area (Å²) < 4.78 is 11.2. The Balaban J connectivity index is 1.65. The number of amides is 1. The van der Waals surface area contributed by atoms with Crippen LogP contribution in [0.5, 0.6) is 11.5 Å². The van der Waals surface area contributed by atoms with Crippen molar-refractivity contribution in [2.75, 3.05) is 13.2 Å². The monoisotopic (exact) mass is 262 g/mol. The van der Waals surface area contributed by atoms with Crippen LogP contribution in [-0.4, -0.2) is 24.7 Å². The Bertz CT molecular complexity index is 497. The summed E-state index contributed by atoms with van der Waals surface area (Å²) in [6.07, 6.45) is 2.44. The number of carbonyl (C=O) groups is 1. The molecule has 102 valence electrons. The fourth-order valence-corrected chi connectivity index (χ4v) is 2.04. The highest BCUT2D eigenvalue weighted by molar-refractivity contribution is 5.88. The molecule has 1 aliphatic heterocycles. The van der Waals surface area contributed by atoms with Gasteiger partial charge in [0.15, 0.2) is 11.5 Å². The first-order chi connectivity index (χ1) is 9.17. The lowest BCUT2D eigenvalue weighted by atomic mass is 10.2. The molecule has 3 N–H and O–H groups in total. The molecule has 1 amide bonds. The van der Waals surface area contributed by atoms with E-state index in [0.29, 0.717) is 19.8 Å². The maximum Gasteiger partial charge on any atom is 0.240 e. The van der Waals surface area contributed by atoms with Crippen molar-refractivity contribution >= 4 is 5.91 Å². The third kappa shape index (κ3) is 2.66. The zero-order valence-corrected chi connectivity index (χ0v) is 10.8. The SMILES string of the molecule is NC1(C(=O)NCc2ccc3c(c2)OCCCO3)CC1. The minimum absolute atomic E-state index is 0.0698. The zero-order chi connectivity index (χ0) is 13.3. The van der Waals surface area contributed by atoms with Gasteiger partial charge in [0, 0.05) is 13.0 Å². The lowest BCUT2D eigenvalue weighted by Crippen LogP contribution is -2.42. The summed E-state index contributed by atoms with van der Waals surface area (Å²) in [5.41, 5.74) is 6.20. The molecule has 0 spiro atoms. The van der Waals surface area contributed by atoms with E-state index >= 15 is 0 Å². The van der Waals surface area contributed by atoms with Crippen LogP contribution in [0.3, 0.4) is 0 Å².